The molecular weight excluding hydrogens is 248 g/mol. The average Bonchev–Trinajstić information content (AvgIpc) is 2.70. The van der Waals surface area contributed by atoms with Gasteiger partial charge >= 0.3 is 0 Å². The lowest BCUT2D eigenvalue weighted by Gasteiger charge is -2.33. The van der Waals surface area contributed by atoms with Crippen molar-refractivity contribution in [1.29, 1.82) is 0 Å². The first-order valence-electron chi connectivity index (χ1n) is 6.36. The normalized spacial score (nSPS) is 27.0. The molecule has 0 bridgehead atoms. The monoisotopic (exact) mass is 266 g/mol. The third-order valence-corrected chi connectivity index (χ3v) is 5.81. The Morgan fingerprint density at radius 2 is 2.17 bits per heavy atom. The van der Waals surface area contributed by atoms with Crippen molar-refractivity contribution in [2.45, 2.75) is 25.4 Å². The van der Waals surface area contributed by atoms with E-state index in [0.29, 0.717) is 11.5 Å². The second kappa shape index (κ2) is 4.24. The van der Waals surface area contributed by atoms with Crippen molar-refractivity contribution in [3.05, 3.63) is 29.3 Å². The van der Waals surface area contributed by atoms with Crippen LogP contribution >= 0.6 is 0 Å². The van der Waals surface area contributed by atoms with Crippen LogP contribution in [0.5, 0.6) is 0 Å². The molecule has 1 unspecified atom stereocenters. The molecule has 1 atom stereocenters. The first-order chi connectivity index (χ1) is 8.55. The number of hydrogen-bond acceptors (Lipinski definition) is 4. The maximum atomic E-state index is 11.5. The third-order valence-electron chi connectivity index (χ3n) is 4.06. The average molecular weight is 266 g/mol. The Morgan fingerprint density at radius 3 is 2.89 bits per heavy atom. The quantitative estimate of drug-likeness (QED) is 0.764. The fourth-order valence-electron chi connectivity index (χ4n) is 3.04. The summed E-state index contributed by atoms with van der Waals surface area (Å²) < 4.78 is 23.1. The topological polar surface area (TPSA) is 63.4 Å². The molecule has 1 aromatic rings. The molecule has 0 aromatic heterocycles. The van der Waals surface area contributed by atoms with Crippen LogP contribution in [0.4, 0.5) is 5.69 Å². The van der Waals surface area contributed by atoms with Crippen LogP contribution in [0.2, 0.25) is 0 Å². The minimum Gasteiger partial charge on any atom is -0.398 e. The van der Waals surface area contributed by atoms with E-state index < -0.39 is 9.84 Å². The first-order valence-corrected chi connectivity index (χ1v) is 8.18. The molecule has 0 radical (unpaired) electrons. The van der Waals surface area contributed by atoms with Crippen LogP contribution in [0.15, 0.2) is 18.2 Å². The van der Waals surface area contributed by atoms with E-state index in [4.69, 9.17) is 5.73 Å². The summed E-state index contributed by atoms with van der Waals surface area (Å²) in [6, 6.07) is 6.21. The van der Waals surface area contributed by atoms with E-state index in [9.17, 15) is 8.42 Å². The smallest absolute Gasteiger partial charge is 0.151 e. The molecule has 0 amide bonds. The molecule has 2 aliphatic heterocycles. The lowest BCUT2D eigenvalue weighted by molar-refractivity contribution is 0.194. The number of rotatable bonds is 1. The summed E-state index contributed by atoms with van der Waals surface area (Å²) in [5.41, 5.74) is 9.34. The van der Waals surface area contributed by atoms with E-state index in [1.165, 1.54) is 11.1 Å². The summed E-state index contributed by atoms with van der Waals surface area (Å²) in [7, 11) is -2.80. The number of nitrogens with two attached hydrogens (primary N) is 1. The molecule has 1 fully saturated rings. The second-order valence-electron chi connectivity index (χ2n) is 5.26. The van der Waals surface area contributed by atoms with E-state index in [0.717, 1.165) is 31.6 Å². The van der Waals surface area contributed by atoms with Crippen molar-refractivity contribution in [2.75, 3.05) is 23.8 Å². The number of fused-ring (bicyclic) bond motifs is 1. The molecule has 0 saturated carbocycles. The highest BCUT2D eigenvalue weighted by Gasteiger charge is 2.33. The number of sulfone groups is 1. The van der Waals surface area contributed by atoms with Crippen molar-refractivity contribution in [3.8, 4) is 0 Å². The van der Waals surface area contributed by atoms with Crippen molar-refractivity contribution in [3.63, 3.8) is 0 Å². The zero-order valence-electron chi connectivity index (χ0n) is 10.3. The molecule has 3 rings (SSSR count). The SMILES string of the molecule is Nc1cccc2c1CCN(C1CCS(=O)(=O)C1)C2. The highest BCUT2D eigenvalue weighted by molar-refractivity contribution is 7.91. The number of hydrogen-bond donors (Lipinski definition) is 1. The molecule has 0 spiro atoms. The maximum absolute atomic E-state index is 11.5. The van der Waals surface area contributed by atoms with Gasteiger partial charge in [0.2, 0.25) is 0 Å². The van der Waals surface area contributed by atoms with Gasteiger partial charge in [-0.3, -0.25) is 4.90 Å². The molecule has 2 heterocycles. The van der Waals surface area contributed by atoms with Gasteiger partial charge in [-0.1, -0.05) is 12.1 Å². The molecule has 4 nitrogen and oxygen atoms in total. The minimum atomic E-state index is -2.80. The van der Waals surface area contributed by atoms with Gasteiger partial charge in [-0.25, -0.2) is 8.42 Å². The van der Waals surface area contributed by atoms with Crippen LogP contribution in [0.1, 0.15) is 17.5 Å². The molecule has 1 aromatic carbocycles. The summed E-state index contributed by atoms with van der Waals surface area (Å²) in [5, 5.41) is 0. The number of anilines is 1. The first kappa shape index (κ1) is 12.0. The summed E-state index contributed by atoms with van der Waals surface area (Å²) in [6.07, 6.45) is 1.71. The number of nitrogen functional groups attached to an aromatic ring is 1. The Bertz CT molecular complexity index is 568. The molecule has 18 heavy (non-hydrogen) atoms. The van der Waals surface area contributed by atoms with E-state index >= 15 is 0 Å². The van der Waals surface area contributed by atoms with E-state index in [1.807, 2.05) is 12.1 Å². The Labute approximate surface area is 108 Å². The highest BCUT2D eigenvalue weighted by atomic mass is 32.2. The molecule has 2 aliphatic rings. The predicted molar refractivity (Wildman–Crippen MR) is 72.0 cm³/mol. The van der Waals surface area contributed by atoms with Crippen molar-refractivity contribution in [1.82, 2.24) is 4.90 Å². The van der Waals surface area contributed by atoms with Gasteiger partial charge in [-0.15, -0.1) is 0 Å². The standard InChI is InChI=1S/C13H18N2O2S/c14-13-3-1-2-10-8-15(6-4-12(10)13)11-5-7-18(16,17)9-11/h1-3,11H,4-9,14H2. The van der Waals surface area contributed by atoms with Gasteiger partial charge in [-0.05, 0) is 30.0 Å². The van der Waals surface area contributed by atoms with Crippen molar-refractivity contribution in [2.24, 2.45) is 0 Å². The molecule has 0 aliphatic carbocycles. The zero-order valence-corrected chi connectivity index (χ0v) is 11.1. The van der Waals surface area contributed by atoms with Gasteiger partial charge in [0.15, 0.2) is 9.84 Å². The summed E-state index contributed by atoms with van der Waals surface area (Å²) in [5.74, 6) is 0.669. The lowest BCUT2D eigenvalue weighted by atomic mass is 9.97. The summed E-state index contributed by atoms with van der Waals surface area (Å²) >= 11 is 0. The van der Waals surface area contributed by atoms with E-state index in [-0.39, 0.29) is 6.04 Å². The fraction of sp³-hybridized carbons (Fsp3) is 0.538. The molecular formula is C13H18N2O2S. The fourth-order valence-corrected chi connectivity index (χ4v) is 4.80. The zero-order chi connectivity index (χ0) is 12.8. The van der Waals surface area contributed by atoms with Gasteiger partial charge in [0.05, 0.1) is 11.5 Å². The minimum absolute atomic E-state index is 0.199. The van der Waals surface area contributed by atoms with Crippen LogP contribution in [0.3, 0.4) is 0 Å². The second-order valence-corrected chi connectivity index (χ2v) is 7.49. The largest absolute Gasteiger partial charge is 0.398 e. The highest BCUT2D eigenvalue weighted by Crippen LogP contribution is 2.28. The van der Waals surface area contributed by atoms with Gasteiger partial charge < -0.3 is 5.73 Å². The molecule has 2 N–H and O–H groups in total. The van der Waals surface area contributed by atoms with Crippen molar-refractivity contribution >= 4 is 15.5 Å². The maximum Gasteiger partial charge on any atom is 0.151 e. The Morgan fingerprint density at radius 1 is 1.33 bits per heavy atom. The van der Waals surface area contributed by atoms with E-state index in [1.54, 1.807) is 0 Å². The van der Waals surface area contributed by atoms with Crippen LogP contribution < -0.4 is 5.73 Å². The third kappa shape index (κ3) is 2.12. The molecule has 1 saturated heterocycles. The van der Waals surface area contributed by atoms with Gasteiger partial charge in [0.25, 0.3) is 0 Å². The van der Waals surface area contributed by atoms with Crippen LogP contribution in [-0.2, 0) is 22.8 Å². The van der Waals surface area contributed by atoms with E-state index in [2.05, 4.69) is 11.0 Å². The Kier molecular flexibility index (Phi) is 2.83. The summed E-state index contributed by atoms with van der Waals surface area (Å²) in [4.78, 5) is 2.30. The van der Waals surface area contributed by atoms with Gasteiger partial charge in [-0.2, -0.15) is 0 Å². The Hall–Kier alpha value is -1.07. The predicted octanol–water partition coefficient (Wildman–Crippen LogP) is 0.814. The lowest BCUT2D eigenvalue weighted by Crippen LogP contribution is -2.40. The van der Waals surface area contributed by atoms with Crippen LogP contribution in [0.25, 0.3) is 0 Å². The number of benzene rings is 1. The van der Waals surface area contributed by atoms with Gasteiger partial charge in [0.1, 0.15) is 0 Å². The Balaban J connectivity index is 1.80. The van der Waals surface area contributed by atoms with Crippen molar-refractivity contribution < 1.29 is 8.42 Å². The summed E-state index contributed by atoms with van der Waals surface area (Å²) in [6.45, 7) is 1.75. The number of nitrogens with zero attached hydrogens (tertiary/aromatic N) is 1. The van der Waals surface area contributed by atoms with Crippen LogP contribution in [-0.4, -0.2) is 37.4 Å². The van der Waals surface area contributed by atoms with Gasteiger partial charge in [0, 0.05) is 24.8 Å². The van der Waals surface area contributed by atoms with Crippen LogP contribution in [0, 0.1) is 0 Å². The molecule has 98 valence electrons. The molecule has 5 heteroatoms.